The third-order valence-corrected chi connectivity index (χ3v) is 2.94. The van der Waals surface area contributed by atoms with E-state index in [-0.39, 0.29) is 0 Å². The number of halogens is 1. The SMILES string of the molecule is COC(=O)[C@@H]1O[C@H](C)O[C@@H]1c1ccccc1Cl. The molecule has 0 aliphatic carbocycles. The molecule has 1 aliphatic rings. The minimum Gasteiger partial charge on any atom is -0.467 e. The van der Waals surface area contributed by atoms with E-state index in [1.54, 1.807) is 13.0 Å². The second-order valence-electron chi connectivity index (χ2n) is 3.73. The van der Waals surface area contributed by atoms with Crippen LogP contribution in [0.5, 0.6) is 0 Å². The van der Waals surface area contributed by atoms with Crippen molar-refractivity contribution in [2.75, 3.05) is 7.11 Å². The molecule has 92 valence electrons. The van der Waals surface area contributed by atoms with Crippen LogP contribution in [0, 0.1) is 0 Å². The van der Waals surface area contributed by atoms with E-state index in [9.17, 15) is 4.79 Å². The molecule has 2 rings (SSSR count). The van der Waals surface area contributed by atoms with Gasteiger partial charge in [-0.2, -0.15) is 0 Å². The monoisotopic (exact) mass is 256 g/mol. The summed E-state index contributed by atoms with van der Waals surface area (Å²) in [5, 5.41) is 0.545. The van der Waals surface area contributed by atoms with Crippen molar-refractivity contribution in [1.29, 1.82) is 0 Å². The number of hydrogen-bond donors (Lipinski definition) is 0. The minimum atomic E-state index is -0.769. The van der Waals surface area contributed by atoms with Gasteiger partial charge in [-0.25, -0.2) is 4.79 Å². The molecule has 3 atom stereocenters. The van der Waals surface area contributed by atoms with Gasteiger partial charge in [0.2, 0.25) is 0 Å². The van der Waals surface area contributed by atoms with E-state index in [0.717, 1.165) is 5.56 Å². The Hall–Kier alpha value is -1.10. The maximum absolute atomic E-state index is 11.6. The Morgan fingerprint density at radius 1 is 1.35 bits per heavy atom. The van der Waals surface area contributed by atoms with Gasteiger partial charge in [0.15, 0.2) is 12.4 Å². The van der Waals surface area contributed by atoms with Crippen molar-refractivity contribution in [3.05, 3.63) is 34.9 Å². The van der Waals surface area contributed by atoms with Crippen LogP contribution in [-0.2, 0) is 19.0 Å². The van der Waals surface area contributed by atoms with Crippen LogP contribution >= 0.6 is 11.6 Å². The van der Waals surface area contributed by atoms with E-state index < -0.39 is 24.5 Å². The van der Waals surface area contributed by atoms with Crippen molar-refractivity contribution in [2.45, 2.75) is 25.4 Å². The number of carbonyl (C=O) groups is 1. The van der Waals surface area contributed by atoms with Gasteiger partial charge in [-0.1, -0.05) is 29.8 Å². The number of hydrogen-bond acceptors (Lipinski definition) is 4. The summed E-state index contributed by atoms with van der Waals surface area (Å²) in [6.07, 6.45) is -1.75. The maximum Gasteiger partial charge on any atom is 0.338 e. The lowest BCUT2D eigenvalue weighted by atomic mass is 10.0. The van der Waals surface area contributed by atoms with Crippen LogP contribution in [0.3, 0.4) is 0 Å². The number of esters is 1. The van der Waals surface area contributed by atoms with E-state index in [0.29, 0.717) is 5.02 Å². The molecule has 4 nitrogen and oxygen atoms in total. The zero-order chi connectivity index (χ0) is 12.4. The van der Waals surface area contributed by atoms with Gasteiger partial charge in [-0.05, 0) is 13.0 Å². The molecule has 1 aromatic rings. The van der Waals surface area contributed by atoms with Crippen molar-refractivity contribution < 1.29 is 19.0 Å². The molecule has 5 heteroatoms. The highest BCUT2D eigenvalue weighted by molar-refractivity contribution is 6.31. The van der Waals surface area contributed by atoms with Crippen molar-refractivity contribution in [1.82, 2.24) is 0 Å². The van der Waals surface area contributed by atoms with Crippen LogP contribution in [0.15, 0.2) is 24.3 Å². The van der Waals surface area contributed by atoms with Crippen LogP contribution in [-0.4, -0.2) is 25.5 Å². The lowest BCUT2D eigenvalue weighted by molar-refractivity contribution is -0.153. The van der Waals surface area contributed by atoms with Crippen molar-refractivity contribution in [2.24, 2.45) is 0 Å². The number of ether oxygens (including phenoxy) is 3. The average Bonchev–Trinajstić information content (AvgIpc) is 2.71. The molecule has 1 saturated heterocycles. The normalized spacial score (nSPS) is 28.1. The lowest BCUT2D eigenvalue weighted by Crippen LogP contribution is -2.27. The number of methoxy groups -OCH3 is 1. The minimum absolute atomic E-state index is 0.458. The molecule has 1 fully saturated rings. The first kappa shape index (κ1) is 12.4. The predicted octanol–water partition coefficient (Wildman–Crippen LogP) is 2.32. The Balaban J connectivity index is 2.30. The highest BCUT2D eigenvalue weighted by Crippen LogP contribution is 2.36. The Kier molecular flexibility index (Phi) is 3.66. The summed E-state index contributed by atoms with van der Waals surface area (Å²) in [5.41, 5.74) is 0.730. The molecule has 1 aromatic carbocycles. The standard InChI is InChI=1S/C12H13ClO4/c1-7-16-10(11(17-7)12(14)15-2)8-5-3-4-6-9(8)13/h3-7,10-11H,1-2H3/t7-,10-,11-/m1/s1. The van der Waals surface area contributed by atoms with Gasteiger partial charge in [0.25, 0.3) is 0 Å². The van der Waals surface area contributed by atoms with Gasteiger partial charge in [-0.3, -0.25) is 0 Å². The summed E-state index contributed by atoms with van der Waals surface area (Å²) in [6, 6.07) is 7.21. The Bertz CT molecular complexity index is 421. The summed E-state index contributed by atoms with van der Waals surface area (Å²) >= 11 is 6.08. The Morgan fingerprint density at radius 2 is 2.06 bits per heavy atom. The fourth-order valence-corrected chi connectivity index (χ4v) is 2.07. The van der Waals surface area contributed by atoms with Gasteiger partial charge in [0.1, 0.15) is 6.10 Å². The van der Waals surface area contributed by atoms with E-state index in [1.807, 2.05) is 18.2 Å². The van der Waals surface area contributed by atoms with Gasteiger partial charge in [0, 0.05) is 10.6 Å². The molecule has 0 unspecified atom stereocenters. The summed E-state index contributed by atoms with van der Waals surface area (Å²) in [7, 11) is 1.32. The first-order valence-electron chi connectivity index (χ1n) is 5.26. The van der Waals surface area contributed by atoms with Crippen LogP contribution in [0.1, 0.15) is 18.6 Å². The predicted molar refractivity (Wildman–Crippen MR) is 61.6 cm³/mol. The van der Waals surface area contributed by atoms with Gasteiger partial charge in [-0.15, -0.1) is 0 Å². The molecular weight excluding hydrogens is 244 g/mol. The largest absolute Gasteiger partial charge is 0.467 e. The van der Waals surface area contributed by atoms with E-state index >= 15 is 0 Å². The Morgan fingerprint density at radius 3 is 2.71 bits per heavy atom. The third kappa shape index (κ3) is 2.44. The van der Waals surface area contributed by atoms with Crippen molar-refractivity contribution >= 4 is 17.6 Å². The first-order valence-corrected chi connectivity index (χ1v) is 5.64. The molecule has 0 aromatic heterocycles. The van der Waals surface area contributed by atoms with Gasteiger partial charge < -0.3 is 14.2 Å². The molecular formula is C12H13ClO4. The van der Waals surface area contributed by atoms with Crippen LogP contribution in [0.2, 0.25) is 5.02 Å². The van der Waals surface area contributed by atoms with Crippen LogP contribution in [0.4, 0.5) is 0 Å². The summed E-state index contributed by atoms with van der Waals surface area (Å²) < 4.78 is 15.6. The van der Waals surface area contributed by atoms with E-state index in [2.05, 4.69) is 4.74 Å². The average molecular weight is 257 g/mol. The molecule has 0 N–H and O–H groups in total. The fourth-order valence-electron chi connectivity index (χ4n) is 1.83. The highest BCUT2D eigenvalue weighted by Gasteiger charge is 2.41. The maximum atomic E-state index is 11.6. The molecule has 1 heterocycles. The van der Waals surface area contributed by atoms with Gasteiger partial charge >= 0.3 is 5.97 Å². The second-order valence-corrected chi connectivity index (χ2v) is 4.13. The third-order valence-electron chi connectivity index (χ3n) is 2.60. The first-order chi connectivity index (χ1) is 8.13. The molecule has 0 radical (unpaired) electrons. The second kappa shape index (κ2) is 5.04. The van der Waals surface area contributed by atoms with E-state index in [4.69, 9.17) is 21.1 Å². The topological polar surface area (TPSA) is 44.8 Å². The van der Waals surface area contributed by atoms with Gasteiger partial charge in [0.05, 0.1) is 7.11 Å². The summed E-state index contributed by atoms with van der Waals surface area (Å²) in [4.78, 5) is 11.6. The molecule has 1 aliphatic heterocycles. The summed E-state index contributed by atoms with van der Waals surface area (Å²) in [6.45, 7) is 1.73. The van der Waals surface area contributed by atoms with Crippen molar-refractivity contribution in [3.63, 3.8) is 0 Å². The molecule has 0 bridgehead atoms. The number of benzene rings is 1. The highest BCUT2D eigenvalue weighted by atomic mass is 35.5. The zero-order valence-electron chi connectivity index (χ0n) is 9.55. The fraction of sp³-hybridized carbons (Fsp3) is 0.417. The molecule has 0 saturated carbocycles. The summed E-state index contributed by atoms with van der Waals surface area (Å²) in [5.74, 6) is -0.459. The van der Waals surface area contributed by atoms with Crippen molar-refractivity contribution in [3.8, 4) is 0 Å². The van der Waals surface area contributed by atoms with Crippen LogP contribution in [0.25, 0.3) is 0 Å². The number of rotatable bonds is 2. The quantitative estimate of drug-likeness (QED) is 0.762. The lowest BCUT2D eigenvalue weighted by Gasteiger charge is -2.16. The zero-order valence-corrected chi connectivity index (χ0v) is 10.3. The number of carbonyl (C=O) groups excluding carboxylic acids is 1. The smallest absolute Gasteiger partial charge is 0.338 e. The van der Waals surface area contributed by atoms with E-state index in [1.165, 1.54) is 7.11 Å². The Labute approximate surface area is 104 Å². The van der Waals surface area contributed by atoms with Crippen LogP contribution < -0.4 is 0 Å². The molecule has 0 amide bonds. The molecule has 17 heavy (non-hydrogen) atoms. The molecule has 0 spiro atoms.